The van der Waals surface area contributed by atoms with E-state index in [1.807, 2.05) is 55.5 Å². The molecule has 0 aliphatic carbocycles. The normalized spacial score (nSPS) is 10.6. The summed E-state index contributed by atoms with van der Waals surface area (Å²) in [5.74, 6) is -0.0115. The Bertz CT molecular complexity index is 1100. The molecule has 1 amide bonds. The van der Waals surface area contributed by atoms with Gasteiger partial charge in [0.25, 0.3) is 5.56 Å². The van der Waals surface area contributed by atoms with Gasteiger partial charge in [-0.15, -0.1) is 0 Å². The highest BCUT2D eigenvalue weighted by Crippen LogP contribution is 2.20. The van der Waals surface area contributed by atoms with Gasteiger partial charge in [-0.2, -0.15) is 5.26 Å². The maximum atomic E-state index is 12.8. The first kappa shape index (κ1) is 19.6. The molecule has 6 nitrogen and oxygen atoms in total. The molecule has 0 saturated carbocycles. The highest BCUT2D eigenvalue weighted by molar-refractivity contribution is 7.99. The molecule has 0 aliphatic heterocycles. The van der Waals surface area contributed by atoms with E-state index in [1.54, 1.807) is 11.9 Å². The minimum absolute atomic E-state index is 0.123. The van der Waals surface area contributed by atoms with Crippen LogP contribution in [0.25, 0.3) is 10.9 Å². The lowest BCUT2D eigenvalue weighted by atomic mass is 10.2. The lowest BCUT2D eigenvalue weighted by Gasteiger charge is -2.21. The molecule has 0 bridgehead atoms. The molecule has 3 rings (SSSR count). The Balaban J connectivity index is 1.83. The number of fused-ring (bicyclic) bond motifs is 1. The van der Waals surface area contributed by atoms with E-state index in [4.69, 9.17) is 5.26 Å². The fourth-order valence-corrected chi connectivity index (χ4v) is 3.71. The van der Waals surface area contributed by atoms with Gasteiger partial charge >= 0.3 is 0 Å². The number of thioether (sulfide) groups is 1. The third-order valence-corrected chi connectivity index (χ3v) is 5.35. The van der Waals surface area contributed by atoms with Gasteiger partial charge in [0.05, 0.1) is 29.1 Å². The van der Waals surface area contributed by atoms with Crippen LogP contribution in [-0.2, 0) is 11.8 Å². The molecule has 2 aromatic carbocycles. The van der Waals surface area contributed by atoms with Crippen molar-refractivity contribution in [3.05, 3.63) is 64.4 Å². The van der Waals surface area contributed by atoms with E-state index >= 15 is 0 Å². The molecule has 0 fully saturated rings. The van der Waals surface area contributed by atoms with Crippen LogP contribution in [0.1, 0.15) is 12.0 Å². The molecule has 0 unspecified atom stereocenters. The summed E-state index contributed by atoms with van der Waals surface area (Å²) in [6.07, 6.45) is 0.247. The van der Waals surface area contributed by atoms with Crippen LogP contribution < -0.4 is 10.5 Å². The van der Waals surface area contributed by atoms with Crippen LogP contribution in [0.3, 0.4) is 0 Å². The lowest BCUT2D eigenvalue weighted by Crippen LogP contribution is -2.33. The SMILES string of the molecule is Cc1ccc2nc(SCC(=O)N(CCC#N)c3ccccc3)n(C)c(=O)c2c1. The van der Waals surface area contributed by atoms with Crippen LogP contribution in [0.4, 0.5) is 5.69 Å². The molecule has 7 heteroatoms. The Kier molecular flexibility index (Phi) is 6.12. The second-order valence-corrected chi connectivity index (χ2v) is 7.30. The fourth-order valence-electron chi connectivity index (χ4n) is 2.87. The van der Waals surface area contributed by atoms with Crippen LogP contribution in [0, 0.1) is 18.3 Å². The van der Waals surface area contributed by atoms with Gasteiger partial charge in [0.2, 0.25) is 5.91 Å². The number of nitrogens with zero attached hydrogens (tertiary/aromatic N) is 4. The average Bonchev–Trinajstić information content (AvgIpc) is 2.71. The van der Waals surface area contributed by atoms with Gasteiger partial charge < -0.3 is 4.90 Å². The monoisotopic (exact) mass is 392 g/mol. The van der Waals surface area contributed by atoms with Crippen LogP contribution in [0.2, 0.25) is 0 Å². The largest absolute Gasteiger partial charge is 0.311 e. The Hall–Kier alpha value is -3.11. The zero-order chi connectivity index (χ0) is 20.1. The molecule has 28 heavy (non-hydrogen) atoms. The van der Waals surface area contributed by atoms with Crippen molar-refractivity contribution in [1.29, 1.82) is 5.26 Å². The van der Waals surface area contributed by atoms with Crippen molar-refractivity contribution in [1.82, 2.24) is 9.55 Å². The zero-order valence-electron chi connectivity index (χ0n) is 15.8. The molecular formula is C21H20N4O2S. The summed E-state index contributed by atoms with van der Waals surface area (Å²) < 4.78 is 1.47. The molecule has 0 radical (unpaired) electrons. The number of hydrogen-bond donors (Lipinski definition) is 0. The lowest BCUT2D eigenvalue weighted by molar-refractivity contribution is -0.116. The van der Waals surface area contributed by atoms with Crippen LogP contribution in [-0.4, -0.2) is 27.8 Å². The summed E-state index contributed by atoms with van der Waals surface area (Å²) in [6, 6.07) is 16.9. The number of aryl methyl sites for hydroxylation is 1. The third-order valence-electron chi connectivity index (χ3n) is 4.33. The summed E-state index contributed by atoms with van der Waals surface area (Å²) in [7, 11) is 1.66. The van der Waals surface area contributed by atoms with Gasteiger partial charge in [-0.25, -0.2) is 4.98 Å². The summed E-state index contributed by atoms with van der Waals surface area (Å²) in [6.45, 7) is 2.25. The highest BCUT2D eigenvalue weighted by Gasteiger charge is 2.17. The van der Waals surface area contributed by atoms with E-state index in [2.05, 4.69) is 11.1 Å². The zero-order valence-corrected chi connectivity index (χ0v) is 16.6. The number of carbonyl (C=O) groups excluding carboxylic acids is 1. The van der Waals surface area contributed by atoms with Crippen molar-refractivity contribution < 1.29 is 4.79 Å². The molecule has 0 saturated heterocycles. The Labute approximate surface area is 167 Å². The number of rotatable bonds is 6. The van der Waals surface area contributed by atoms with Gasteiger partial charge in [0, 0.05) is 19.3 Å². The minimum atomic E-state index is -0.135. The van der Waals surface area contributed by atoms with Crippen LogP contribution >= 0.6 is 11.8 Å². The molecule has 0 N–H and O–H groups in total. The second kappa shape index (κ2) is 8.72. The first-order chi connectivity index (χ1) is 13.5. The van der Waals surface area contributed by atoms with Gasteiger partial charge in [0.15, 0.2) is 5.16 Å². The molecule has 0 spiro atoms. The predicted molar refractivity (Wildman–Crippen MR) is 111 cm³/mol. The van der Waals surface area contributed by atoms with Crippen LogP contribution in [0.15, 0.2) is 58.5 Å². The number of carbonyl (C=O) groups is 1. The quantitative estimate of drug-likeness (QED) is 0.475. The van der Waals surface area contributed by atoms with Gasteiger partial charge in [-0.05, 0) is 31.2 Å². The molecule has 0 aliphatic rings. The highest BCUT2D eigenvalue weighted by atomic mass is 32.2. The molecule has 142 valence electrons. The fraction of sp³-hybridized carbons (Fsp3) is 0.238. The Morgan fingerprint density at radius 2 is 2.00 bits per heavy atom. The third kappa shape index (κ3) is 4.24. The number of nitriles is 1. The van der Waals surface area contributed by atoms with Gasteiger partial charge in [-0.3, -0.25) is 14.2 Å². The maximum absolute atomic E-state index is 12.8. The van der Waals surface area contributed by atoms with Crippen molar-refractivity contribution in [2.45, 2.75) is 18.5 Å². The van der Waals surface area contributed by atoms with Crippen molar-refractivity contribution >= 4 is 34.3 Å². The summed E-state index contributed by atoms with van der Waals surface area (Å²) in [5, 5.41) is 9.95. The molecule has 1 heterocycles. The second-order valence-electron chi connectivity index (χ2n) is 6.36. The van der Waals surface area contributed by atoms with Crippen LogP contribution in [0.5, 0.6) is 0 Å². The van der Waals surface area contributed by atoms with Gasteiger partial charge in [0.1, 0.15) is 0 Å². The number of benzene rings is 2. The first-order valence-electron chi connectivity index (χ1n) is 8.84. The van der Waals surface area contributed by atoms with E-state index < -0.39 is 0 Å². The summed E-state index contributed by atoms with van der Waals surface area (Å²) >= 11 is 1.22. The number of para-hydroxylation sites is 1. The van der Waals surface area contributed by atoms with Crippen molar-refractivity contribution in [2.24, 2.45) is 7.05 Å². The van der Waals surface area contributed by atoms with Crippen molar-refractivity contribution in [2.75, 3.05) is 17.2 Å². The number of hydrogen-bond acceptors (Lipinski definition) is 5. The molecule has 0 atom stereocenters. The number of aromatic nitrogens is 2. The van der Waals surface area contributed by atoms with Crippen molar-refractivity contribution in [3.8, 4) is 6.07 Å². The molecule has 3 aromatic rings. The number of amides is 1. The summed E-state index contributed by atoms with van der Waals surface area (Å²) in [5.41, 5.74) is 2.23. The van der Waals surface area contributed by atoms with E-state index in [9.17, 15) is 9.59 Å². The van der Waals surface area contributed by atoms with Gasteiger partial charge in [-0.1, -0.05) is 41.6 Å². The number of anilines is 1. The predicted octanol–water partition coefficient (Wildman–Crippen LogP) is 3.28. The summed E-state index contributed by atoms with van der Waals surface area (Å²) in [4.78, 5) is 31.6. The van der Waals surface area contributed by atoms with Crippen molar-refractivity contribution in [3.63, 3.8) is 0 Å². The van der Waals surface area contributed by atoms with E-state index in [0.29, 0.717) is 22.6 Å². The minimum Gasteiger partial charge on any atom is -0.311 e. The maximum Gasteiger partial charge on any atom is 0.261 e. The topological polar surface area (TPSA) is 79.0 Å². The standard InChI is InChI=1S/C21H20N4O2S/c1-15-9-10-18-17(13-15)20(27)24(2)21(23-18)28-14-19(26)25(12-6-11-22)16-7-4-3-5-8-16/h3-5,7-10,13H,6,12,14H2,1-2H3. The Morgan fingerprint density at radius 1 is 1.25 bits per heavy atom. The van der Waals surface area contributed by atoms with E-state index in [0.717, 1.165) is 11.3 Å². The van der Waals surface area contributed by atoms with E-state index in [1.165, 1.54) is 16.3 Å². The molecular weight excluding hydrogens is 372 g/mol. The van der Waals surface area contributed by atoms with E-state index in [-0.39, 0.29) is 23.6 Å². The average molecular weight is 392 g/mol. The Morgan fingerprint density at radius 3 is 2.71 bits per heavy atom. The molecule has 1 aromatic heterocycles. The smallest absolute Gasteiger partial charge is 0.261 e. The first-order valence-corrected chi connectivity index (χ1v) is 9.82.